The molecule has 5 nitrogen and oxygen atoms in total. The predicted octanol–water partition coefficient (Wildman–Crippen LogP) is 6.13. The largest absolute Gasteiger partial charge is 0.352 e. The zero-order valence-corrected chi connectivity index (χ0v) is 18.3. The highest BCUT2D eigenvalue weighted by Gasteiger charge is 2.17. The van der Waals surface area contributed by atoms with Gasteiger partial charge in [-0.3, -0.25) is 9.69 Å². The minimum absolute atomic E-state index is 0.206. The molecule has 0 fully saturated rings. The molecule has 0 aliphatic carbocycles. The molecule has 0 atom stereocenters. The number of hydrogen-bond acceptors (Lipinski definition) is 2. The fourth-order valence-corrected chi connectivity index (χ4v) is 3.20. The van der Waals surface area contributed by atoms with Crippen LogP contribution in [0.3, 0.4) is 0 Å². The molecule has 0 aliphatic heterocycles. The smallest absolute Gasteiger partial charge is 0.326 e. The van der Waals surface area contributed by atoms with E-state index in [2.05, 4.69) is 10.6 Å². The number of carbonyl (C=O) groups is 2. The summed E-state index contributed by atoms with van der Waals surface area (Å²) in [5, 5.41) is 6.06. The molecule has 3 amide bonds. The third-order valence-corrected chi connectivity index (χ3v) is 5.22. The monoisotopic (exact) mass is 477 g/mol. The maximum absolute atomic E-state index is 13.3. The zero-order chi connectivity index (χ0) is 23.1. The summed E-state index contributed by atoms with van der Waals surface area (Å²) in [6.07, 6.45) is 0.396. The molecule has 0 unspecified atom stereocenters. The number of anilines is 2. The molecule has 0 saturated heterocycles. The Labute approximate surface area is 193 Å². The van der Waals surface area contributed by atoms with E-state index in [-0.39, 0.29) is 23.7 Å². The van der Waals surface area contributed by atoms with E-state index in [4.69, 9.17) is 23.2 Å². The van der Waals surface area contributed by atoms with Crippen molar-refractivity contribution in [1.29, 1.82) is 0 Å². The van der Waals surface area contributed by atoms with Gasteiger partial charge >= 0.3 is 6.03 Å². The van der Waals surface area contributed by atoms with E-state index >= 15 is 0 Å². The van der Waals surface area contributed by atoms with Gasteiger partial charge in [0.15, 0.2) is 0 Å². The Balaban J connectivity index is 1.64. The topological polar surface area (TPSA) is 61.4 Å². The summed E-state index contributed by atoms with van der Waals surface area (Å²) in [4.78, 5) is 26.5. The summed E-state index contributed by atoms with van der Waals surface area (Å²) in [5.74, 6) is -1.35. The van der Waals surface area contributed by atoms with Crippen molar-refractivity contribution in [3.63, 3.8) is 0 Å². The van der Waals surface area contributed by atoms with Gasteiger partial charge in [-0.25, -0.2) is 13.6 Å². The molecule has 0 heterocycles. The summed E-state index contributed by atoms with van der Waals surface area (Å²) in [6.45, 7) is 0.468. The number of nitrogens with zero attached hydrogens (tertiary/aromatic N) is 1. The first-order chi connectivity index (χ1) is 15.3. The fourth-order valence-electron chi connectivity index (χ4n) is 2.90. The van der Waals surface area contributed by atoms with Gasteiger partial charge < -0.3 is 10.6 Å². The Morgan fingerprint density at radius 2 is 1.62 bits per heavy atom. The molecule has 3 aromatic carbocycles. The summed E-state index contributed by atoms with van der Waals surface area (Å²) < 4.78 is 26.6. The van der Waals surface area contributed by atoms with Crippen LogP contribution in [0.2, 0.25) is 10.0 Å². The lowest BCUT2D eigenvalue weighted by molar-refractivity contribution is 0.0953. The second-order valence-corrected chi connectivity index (χ2v) is 7.62. The fraction of sp³-hybridized carbons (Fsp3) is 0.130. The highest BCUT2D eigenvalue weighted by molar-refractivity contribution is 6.42. The number of benzene rings is 3. The van der Waals surface area contributed by atoms with Gasteiger partial charge in [0.1, 0.15) is 11.6 Å². The molecule has 32 heavy (non-hydrogen) atoms. The van der Waals surface area contributed by atoms with Gasteiger partial charge in [0.05, 0.1) is 10.0 Å². The van der Waals surface area contributed by atoms with Crippen molar-refractivity contribution in [1.82, 2.24) is 5.32 Å². The van der Waals surface area contributed by atoms with Gasteiger partial charge in [-0.15, -0.1) is 0 Å². The van der Waals surface area contributed by atoms with Gasteiger partial charge in [-0.1, -0.05) is 29.3 Å². The van der Waals surface area contributed by atoms with Crippen molar-refractivity contribution in [3.05, 3.63) is 94.0 Å². The lowest BCUT2D eigenvalue weighted by atomic mass is 10.2. The Hall–Kier alpha value is -3.16. The highest BCUT2D eigenvalue weighted by atomic mass is 35.5. The van der Waals surface area contributed by atoms with Crippen molar-refractivity contribution in [2.24, 2.45) is 0 Å². The molecule has 3 aromatic rings. The van der Waals surface area contributed by atoms with Gasteiger partial charge in [-0.2, -0.15) is 0 Å². The number of hydrogen-bond donors (Lipinski definition) is 2. The lowest BCUT2D eigenvalue weighted by Gasteiger charge is -2.23. The van der Waals surface area contributed by atoms with E-state index < -0.39 is 23.6 Å². The standard InChI is InChI=1S/C23H19Cl2F2N3O2/c24-20-10-7-18(14-21(20)25)29-23(32)30(19-8-5-16(26)6-9-19)12-2-11-28-22(31)15-3-1-4-17(27)13-15/h1,3-10,13-14H,2,11-12H2,(H,28,31)(H,29,32). The van der Waals surface area contributed by atoms with Crippen LogP contribution in [0.25, 0.3) is 0 Å². The van der Waals surface area contributed by atoms with Gasteiger partial charge in [0, 0.05) is 30.0 Å². The molecule has 0 aliphatic rings. The normalized spacial score (nSPS) is 10.5. The molecule has 3 rings (SSSR count). The number of halogens is 4. The molecule has 0 spiro atoms. The molecule has 0 bridgehead atoms. The average molecular weight is 478 g/mol. The SMILES string of the molecule is O=C(NCCCN(C(=O)Nc1ccc(Cl)c(Cl)c1)c1ccc(F)cc1)c1cccc(F)c1. The number of carbonyl (C=O) groups excluding carboxylic acids is 2. The minimum Gasteiger partial charge on any atom is -0.352 e. The number of amides is 3. The van der Waals surface area contributed by atoms with Crippen LogP contribution in [0.5, 0.6) is 0 Å². The number of rotatable bonds is 7. The first kappa shape index (κ1) is 23.5. The van der Waals surface area contributed by atoms with E-state index in [0.717, 1.165) is 6.07 Å². The van der Waals surface area contributed by atoms with Crippen LogP contribution in [-0.4, -0.2) is 25.0 Å². The molecule has 0 radical (unpaired) electrons. The molecule has 0 aromatic heterocycles. The van der Waals surface area contributed by atoms with Gasteiger partial charge in [0.2, 0.25) is 0 Å². The predicted molar refractivity (Wildman–Crippen MR) is 123 cm³/mol. The lowest BCUT2D eigenvalue weighted by Crippen LogP contribution is -2.37. The summed E-state index contributed by atoms with van der Waals surface area (Å²) in [6, 6.07) is 15.0. The van der Waals surface area contributed by atoms with Crippen LogP contribution in [0, 0.1) is 11.6 Å². The van der Waals surface area contributed by atoms with E-state index in [9.17, 15) is 18.4 Å². The first-order valence-electron chi connectivity index (χ1n) is 9.66. The Bertz CT molecular complexity index is 1110. The van der Waals surface area contributed by atoms with Crippen LogP contribution in [0.15, 0.2) is 66.7 Å². The van der Waals surface area contributed by atoms with Crippen LogP contribution >= 0.6 is 23.2 Å². The van der Waals surface area contributed by atoms with E-state index in [1.165, 1.54) is 53.4 Å². The summed E-state index contributed by atoms with van der Waals surface area (Å²) >= 11 is 11.9. The Morgan fingerprint density at radius 1 is 0.875 bits per heavy atom. The van der Waals surface area contributed by atoms with Crippen molar-refractivity contribution in [2.75, 3.05) is 23.3 Å². The van der Waals surface area contributed by atoms with Crippen molar-refractivity contribution in [2.45, 2.75) is 6.42 Å². The maximum atomic E-state index is 13.3. The highest BCUT2D eigenvalue weighted by Crippen LogP contribution is 2.25. The van der Waals surface area contributed by atoms with Gasteiger partial charge in [-0.05, 0) is 67.1 Å². The molecular weight excluding hydrogens is 459 g/mol. The van der Waals surface area contributed by atoms with Crippen LogP contribution in [0.1, 0.15) is 16.8 Å². The molecule has 9 heteroatoms. The van der Waals surface area contributed by atoms with Crippen molar-refractivity contribution >= 4 is 46.5 Å². The third kappa shape index (κ3) is 6.42. The average Bonchev–Trinajstić information content (AvgIpc) is 2.77. The van der Waals surface area contributed by atoms with Crippen LogP contribution < -0.4 is 15.5 Å². The molecule has 0 saturated carbocycles. The third-order valence-electron chi connectivity index (χ3n) is 4.49. The van der Waals surface area contributed by atoms with Crippen LogP contribution in [-0.2, 0) is 0 Å². The number of urea groups is 1. The van der Waals surface area contributed by atoms with Crippen molar-refractivity contribution < 1.29 is 18.4 Å². The Morgan fingerprint density at radius 3 is 2.31 bits per heavy atom. The zero-order valence-electron chi connectivity index (χ0n) is 16.7. The molecular formula is C23H19Cl2F2N3O2. The molecule has 2 N–H and O–H groups in total. The number of nitrogens with one attached hydrogen (secondary N) is 2. The van der Waals surface area contributed by atoms with Crippen molar-refractivity contribution in [3.8, 4) is 0 Å². The maximum Gasteiger partial charge on any atom is 0.326 e. The van der Waals surface area contributed by atoms with E-state index in [1.54, 1.807) is 12.1 Å². The second kappa shape index (κ2) is 10.9. The summed E-state index contributed by atoms with van der Waals surface area (Å²) in [5.41, 5.74) is 1.12. The van der Waals surface area contributed by atoms with E-state index in [1.807, 2.05) is 0 Å². The summed E-state index contributed by atoms with van der Waals surface area (Å²) in [7, 11) is 0. The Kier molecular flexibility index (Phi) is 8.03. The minimum atomic E-state index is -0.501. The first-order valence-corrected chi connectivity index (χ1v) is 10.4. The quantitative estimate of drug-likeness (QED) is 0.402. The second-order valence-electron chi connectivity index (χ2n) is 6.81. The molecule has 166 valence electrons. The van der Waals surface area contributed by atoms with Gasteiger partial charge in [0.25, 0.3) is 5.91 Å². The van der Waals surface area contributed by atoms with E-state index in [0.29, 0.717) is 22.8 Å². The van der Waals surface area contributed by atoms with Crippen LogP contribution in [0.4, 0.5) is 25.0 Å².